The lowest BCUT2D eigenvalue weighted by Crippen LogP contribution is -2.43. The van der Waals surface area contributed by atoms with Crippen molar-refractivity contribution < 1.29 is 9.53 Å². The number of nitrogens with zero attached hydrogens (tertiary/aromatic N) is 3. The minimum Gasteiger partial charge on any atom is -0.497 e. The molecule has 2 aliphatic heterocycles. The fourth-order valence-electron chi connectivity index (χ4n) is 4.02. The number of benzene rings is 1. The van der Waals surface area contributed by atoms with Crippen molar-refractivity contribution in [1.82, 2.24) is 9.88 Å². The highest BCUT2D eigenvalue weighted by Gasteiger charge is 2.29. The van der Waals surface area contributed by atoms with E-state index in [9.17, 15) is 4.79 Å². The predicted molar refractivity (Wildman–Crippen MR) is 106 cm³/mol. The smallest absolute Gasteiger partial charge is 0.225 e. The summed E-state index contributed by atoms with van der Waals surface area (Å²) in [6.07, 6.45) is 6.75. The van der Waals surface area contributed by atoms with E-state index < -0.39 is 0 Å². The maximum atomic E-state index is 12.8. The second-order valence-electron chi connectivity index (χ2n) is 7.33. The summed E-state index contributed by atoms with van der Waals surface area (Å²) in [4.78, 5) is 22.1. The molecule has 2 aromatic rings. The molecule has 2 fully saturated rings. The fraction of sp³-hybridized carbons (Fsp3) is 0.600. The van der Waals surface area contributed by atoms with E-state index >= 15 is 0 Å². The highest BCUT2D eigenvalue weighted by Crippen LogP contribution is 2.33. The van der Waals surface area contributed by atoms with Crippen molar-refractivity contribution in [3.8, 4) is 5.75 Å². The van der Waals surface area contributed by atoms with E-state index in [1.807, 2.05) is 18.2 Å². The monoisotopic (exact) mass is 373 g/mol. The van der Waals surface area contributed by atoms with Gasteiger partial charge in [0, 0.05) is 32.1 Å². The largest absolute Gasteiger partial charge is 0.497 e. The van der Waals surface area contributed by atoms with Crippen LogP contribution in [0, 0.1) is 5.92 Å². The lowest BCUT2D eigenvalue weighted by molar-refractivity contribution is -0.136. The highest BCUT2D eigenvalue weighted by molar-refractivity contribution is 7.22. The summed E-state index contributed by atoms with van der Waals surface area (Å²) < 4.78 is 6.46. The zero-order valence-corrected chi connectivity index (χ0v) is 16.3. The van der Waals surface area contributed by atoms with Gasteiger partial charge < -0.3 is 14.5 Å². The molecule has 1 aromatic carbocycles. The Morgan fingerprint density at radius 1 is 1.12 bits per heavy atom. The maximum Gasteiger partial charge on any atom is 0.225 e. The number of aromatic nitrogens is 1. The molecule has 6 heteroatoms. The third kappa shape index (κ3) is 3.65. The minimum absolute atomic E-state index is 0.193. The zero-order chi connectivity index (χ0) is 17.9. The third-order valence-corrected chi connectivity index (χ3v) is 6.70. The van der Waals surface area contributed by atoms with Crippen LogP contribution in [0.25, 0.3) is 10.2 Å². The van der Waals surface area contributed by atoms with Crippen LogP contribution in [-0.2, 0) is 4.79 Å². The van der Waals surface area contributed by atoms with Crippen LogP contribution in [0.15, 0.2) is 18.2 Å². The van der Waals surface area contributed by atoms with Crippen LogP contribution in [0.5, 0.6) is 5.75 Å². The van der Waals surface area contributed by atoms with Gasteiger partial charge in [-0.2, -0.15) is 0 Å². The van der Waals surface area contributed by atoms with E-state index in [1.54, 1.807) is 18.4 Å². The molecular weight excluding hydrogens is 346 g/mol. The van der Waals surface area contributed by atoms with E-state index in [-0.39, 0.29) is 5.92 Å². The van der Waals surface area contributed by atoms with Crippen LogP contribution in [0.4, 0.5) is 5.13 Å². The topological polar surface area (TPSA) is 45.7 Å². The van der Waals surface area contributed by atoms with Gasteiger partial charge in [-0.15, -0.1) is 0 Å². The fourth-order valence-corrected chi connectivity index (χ4v) is 5.07. The van der Waals surface area contributed by atoms with Crippen molar-refractivity contribution in [2.75, 3.05) is 38.2 Å². The molecule has 0 N–H and O–H groups in total. The Hall–Kier alpha value is -1.82. The Morgan fingerprint density at radius 2 is 1.85 bits per heavy atom. The SMILES string of the molecule is COc1ccc2nc(N3CCC(C(=O)N4CCCCCC4)CC3)sc2c1. The van der Waals surface area contributed by atoms with Crippen LogP contribution in [-0.4, -0.2) is 49.1 Å². The number of likely N-dealkylation sites (tertiary alicyclic amines) is 1. The average Bonchev–Trinajstić information content (AvgIpc) is 2.92. The molecule has 0 saturated carbocycles. The van der Waals surface area contributed by atoms with Gasteiger partial charge in [0.1, 0.15) is 5.75 Å². The molecule has 140 valence electrons. The Balaban J connectivity index is 1.39. The van der Waals surface area contributed by atoms with E-state index in [4.69, 9.17) is 9.72 Å². The molecule has 3 heterocycles. The van der Waals surface area contributed by atoms with Crippen LogP contribution >= 0.6 is 11.3 Å². The van der Waals surface area contributed by atoms with Crippen molar-refractivity contribution >= 4 is 32.6 Å². The number of anilines is 1. The molecule has 0 aliphatic carbocycles. The number of ether oxygens (including phenoxy) is 1. The second kappa shape index (κ2) is 7.82. The van der Waals surface area contributed by atoms with E-state index in [0.29, 0.717) is 5.91 Å². The standard InChI is InChI=1S/C20H27N3O2S/c1-25-16-6-7-17-18(14-16)26-20(21-17)23-12-8-15(9-13-23)19(24)22-10-4-2-3-5-11-22/h6-7,14-15H,2-5,8-13H2,1H3. The molecule has 1 amide bonds. The maximum absolute atomic E-state index is 12.8. The normalized spacial score (nSPS) is 19.6. The lowest BCUT2D eigenvalue weighted by Gasteiger charge is -2.33. The molecule has 0 bridgehead atoms. The second-order valence-corrected chi connectivity index (χ2v) is 8.34. The molecule has 2 saturated heterocycles. The first-order chi connectivity index (χ1) is 12.7. The van der Waals surface area contributed by atoms with Gasteiger partial charge in [0.25, 0.3) is 0 Å². The predicted octanol–water partition coefficient (Wildman–Crippen LogP) is 3.92. The number of rotatable bonds is 3. The van der Waals surface area contributed by atoms with Crippen LogP contribution in [0.1, 0.15) is 38.5 Å². The van der Waals surface area contributed by atoms with Crippen molar-refractivity contribution in [3.05, 3.63) is 18.2 Å². The molecule has 5 nitrogen and oxygen atoms in total. The highest BCUT2D eigenvalue weighted by atomic mass is 32.1. The van der Waals surface area contributed by atoms with Gasteiger partial charge in [-0.25, -0.2) is 4.98 Å². The van der Waals surface area contributed by atoms with E-state index in [2.05, 4.69) is 9.80 Å². The summed E-state index contributed by atoms with van der Waals surface area (Å²) in [7, 11) is 1.69. The van der Waals surface area contributed by atoms with Crippen molar-refractivity contribution in [1.29, 1.82) is 0 Å². The summed E-state index contributed by atoms with van der Waals surface area (Å²) >= 11 is 1.71. The number of piperidine rings is 1. The number of hydrogen-bond acceptors (Lipinski definition) is 5. The van der Waals surface area contributed by atoms with Crippen LogP contribution in [0.3, 0.4) is 0 Å². The van der Waals surface area contributed by atoms with Gasteiger partial charge in [0.2, 0.25) is 5.91 Å². The van der Waals surface area contributed by atoms with Gasteiger partial charge in [-0.05, 0) is 43.9 Å². The molecule has 1 aromatic heterocycles. The molecule has 0 atom stereocenters. The summed E-state index contributed by atoms with van der Waals surface area (Å²) in [5.74, 6) is 1.45. The Kier molecular flexibility index (Phi) is 5.29. The summed E-state index contributed by atoms with van der Waals surface area (Å²) in [5, 5.41) is 1.06. The van der Waals surface area contributed by atoms with E-state index in [1.165, 1.54) is 25.7 Å². The Labute approximate surface area is 159 Å². The van der Waals surface area contributed by atoms with Gasteiger partial charge in [0.15, 0.2) is 5.13 Å². The lowest BCUT2D eigenvalue weighted by atomic mass is 9.95. The number of fused-ring (bicyclic) bond motifs is 1. The summed E-state index contributed by atoms with van der Waals surface area (Å²) in [6, 6.07) is 6.02. The van der Waals surface area contributed by atoms with Gasteiger partial charge in [-0.1, -0.05) is 24.2 Å². The zero-order valence-electron chi connectivity index (χ0n) is 15.4. The number of thiazole rings is 1. The minimum atomic E-state index is 0.193. The number of amides is 1. The molecule has 26 heavy (non-hydrogen) atoms. The molecular formula is C20H27N3O2S. The number of hydrogen-bond donors (Lipinski definition) is 0. The average molecular weight is 374 g/mol. The first-order valence-electron chi connectivity index (χ1n) is 9.73. The first-order valence-corrected chi connectivity index (χ1v) is 10.5. The first kappa shape index (κ1) is 17.6. The number of carbonyl (C=O) groups excluding carboxylic acids is 1. The quantitative estimate of drug-likeness (QED) is 0.818. The van der Waals surface area contributed by atoms with Crippen molar-refractivity contribution in [2.24, 2.45) is 5.92 Å². The summed E-state index contributed by atoms with van der Waals surface area (Å²) in [5.41, 5.74) is 1.02. The number of carbonyl (C=O) groups is 1. The van der Waals surface area contributed by atoms with Gasteiger partial charge >= 0.3 is 0 Å². The molecule has 0 radical (unpaired) electrons. The molecule has 0 spiro atoms. The molecule has 4 rings (SSSR count). The molecule has 0 unspecified atom stereocenters. The van der Waals surface area contributed by atoms with Gasteiger partial charge in [0.05, 0.1) is 17.3 Å². The van der Waals surface area contributed by atoms with Crippen LogP contribution in [0.2, 0.25) is 0 Å². The van der Waals surface area contributed by atoms with E-state index in [0.717, 1.165) is 60.1 Å². The van der Waals surface area contributed by atoms with Crippen molar-refractivity contribution in [2.45, 2.75) is 38.5 Å². The third-order valence-electron chi connectivity index (χ3n) is 5.62. The van der Waals surface area contributed by atoms with Gasteiger partial charge in [-0.3, -0.25) is 4.79 Å². The van der Waals surface area contributed by atoms with Crippen molar-refractivity contribution in [3.63, 3.8) is 0 Å². The number of methoxy groups -OCH3 is 1. The van der Waals surface area contributed by atoms with Crippen LogP contribution < -0.4 is 9.64 Å². The Morgan fingerprint density at radius 3 is 2.54 bits per heavy atom. The summed E-state index contributed by atoms with van der Waals surface area (Å²) in [6.45, 7) is 3.75. The Bertz CT molecular complexity index is 760. The molecule has 2 aliphatic rings.